The van der Waals surface area contributed by atoms with E-state index in [1.165, 1.54) is 10.9 Å². The van der Waals surface area contributed by atoms with Crippen LogP contribution in [0.1, 0.15) is 48.0 Å². The number of fused-ring (bicyclic) bond motifs is 1. The number of benzene rings is 1. The van der Waals surface area contributed by atoms with Crippen molar-refractivity contribution in [3.05, 3.63) is 47.9 Å². The lowest BCUT2D eigenvalue weighted by Gasteiger charge is -2.32. The van der Waals surface area contributed by atoms with Crippen molar-refractivity contribution in [2.75, 3.05) is 44.9 Å². The van der Waals surface area contributed by atoms with E-state index >= 15 is 0 Å². The fourth-order valence-corrected chi connectivity index (χ4v) is 4.90. The van der Waals surface area contributed by atoms with Crippen LogP contribution in [0.15, 0.2) is 36.8 Å². The Kier molecular flexibility index (Phi) is 8.10. The van der Waals surface area contributed by atoms with Gasteiger partial charge in [0.05, 0.1) is 12.7 Å². The number of rotatable bonds is 10. The molecule has 0 spiro atoms. The Balaban J connectivity index is 1.05. The minimum atomic E-state index is -0.274. The first-order chi connectivity index (χ1) is 17.7. The summed E-state index contributed by atoms with van der Waals surface area (Å²) in [7, 11) is 1.70. The molecule has 1 aromatic carbocycles. The number of hydrogen-bond donors (Lipinski definition) is 2. The zero-order valence-corrected chi connectivity index (χ0v) is 20.9. The first kappa shape index (κ1) is 24.7. The molecule has 0 bridgehead atoms. The average molecular weight is 494 g/mol. The van der Waals surface area contributed by atoms with Gasteiger partial charge in [-0.15, -0.1) is 0 Å². The highest BCUT2D eigenvalue weighted by Gasteiger charge is 2.22. The Morgan fingerprint density at radius 3 is 2.78 bits per heavy atom. The summed E-state index contributed by atoms with van der Waals surface area (Å²) in [5, 5.41) is 4.83. The molecule has 0 radical (unpaired) electrons. The van der Waals surface area contributed by atoms with Crippen LogP contribution in [0.25, 0.3) is 10.9 Å². The molecule has 1 atom stereocenters. The highest BCUT2D eigenvalue weighted by Crippen LogP contribution is 2.24. The normalized spacial score (nSPS) is 19.0. The van der Waals surface area contributed by atoms with Crippen LogP contribution in [-0.4, -0.2) is 67.0 Å². The number of ketones is 1. The van der Waals surface area contributed by atoms with E-state index in [0.717, 1.165) is 69.5 Å². The molecule has 2 aliphatic rings. The van der Waals surface area contributed by atoms with Gasteiger partial charge in [-0.25, -0.2) is 9.97 Å². The van der Waals surface area contributed by atoms with Gasteiger partial charge in [0.1, 0.15) is 12.4 Å². The second kappa shape index (κ2) is 11.8. The topological polar surface area (TPSA) is 102 Å². The summed E-state index contributed by atoms with van der Waals surface area (Å²) in [5.41, 5.74) is 2.85. The standard InChI is InChI=1S/C27H35N5O4/c1-34-22-5-6-24-23(12-22)20(15-29-24)14-28-13-19-7-9-32(10-8-19)27-30-16-21(17-31-27)25(33)18-36-26-4-2-3-11-35-26/h5-6,12,15-17,19,26,28-29H,2-4,7-11,13-14,18H2,1H3. The summed E-state index contributed by atoms with van der Waals surface area (Å²) in [5.74, 6) is 2.05. The Bertz CT molecular complexity index is 1130. The molecule has 0 saturated carbocycles. The molecule has 0 amide bonds. The number of ether oxygens (including phenoxy) is 3. The average Bonchev–Trinajstić information content (AvgIpc) is 3.35. The van der Waals surface area contributed by atoms with Gasteiger partial charge in [0.25, 0.3) is 0 Å². The van der Waals surface area contributed by atoms with Crippen LogP contribution in [0.3, 0.4) is 0 Å². The molecule has 9 nitrogen and oxygen atoms in total. The van der Waals surface area contributed by atoms with Crippen LogP contribution < -0.4 is 15.0 Å². The minimum absolute atomic E-state index is 0.00212. The molecule has 3 aromatic rings. The predicted octanol–water partition coefficient (Wildman–Crippen LogP) is 3.70. The molecule has 1 unspecified atom stereocenters. The van der Waals surface area contributed by atoms with E-state index in [2.05, 4.69) is 43.5 Å². The maximum Gasteiger partial charge on any atom is 0.225 e. The number of hydrogen-bond acceptors (Lipinski definition) is 8. The van der Waals surface area contributed by atoms with E-state index in [0.29, 0.717) is 24.0 Å². The van der Waals surface area contributed by atoms with Crippen LogP contribution in [0.5, 0.6) is 5.75 Å². The van der Waals surface area contributed by atoms with Gasteiger partial charge in [-0.3, -0.25) is 4.79 Å². The van der Waals surface area contributed by atoms with E-state index in [-0.39, 0.29) is 18.7 Å². The first-order valence-electron chi connectivity index (χ1n) is 12.9. The van der Waals surface area contributed by atoms with Gasteiger partial charge in [-0.1, -0.05) is 0 Å². The Labute approximate surface area is 211 Å². The Morgan fingerprint density at radius 2 is 2.03 bits per heavy atom. The number of carbonyl (C=O) groups excluding carboxylic acids is 1. The van der Waals surface area contributed by atoms with E-state index in [1.807, 2.05) is 6.07 Å². The van der Waals surface area contributed by atoms with E-state index in [9.17, 15) is 4.79 Å². The van der Waals surface area contributed by atoms with Gasteiger partial charge >= 0.3 is 0 Å². The highest BCUT2D eigenvalue weighted by molar-refractivity contribution is 5.96. The molecule has 2 aliphatic heterocycles. The molecule has 0 aliphatic carbocycles. The predicted molar refractivity (Wildman–Crippen MR) is 137 cm³/mol. The number of carbonyl (C=O) groups is 1. The van der Waals surface area contributed by atoms with Crippen LogP contribution in [0.2, 0.25) is 0 Å². The zero-order chi connectivity index (χ0) is 24.7. The second-order valence-corrected chi connectivity index (χ2v) is 9.59. The molecule has 192 valence electrons. The van der Waals surface area contributed by atoms with E-state index < -0.39 is 0 Å². The summed E-state index contributed by atoms with van der Waals surface area (Å²) < 4.78 is 16.5. The molecule has 9 heteroatoms. The van der Waals surface area contributed by atoms with E-state index in [1.54, 1.807) is 19.5 Å². The van der Waals surface area contributed by atoms with Crippen molar-refractivity contribution in [3.8, 4) is 5.75 Å². The van der Waals surface area contributed by atoms with Crippen LogP contribution in [-0.2, 0) is 16.0 Å². The van der Waals surface area contributed by atoms with Crippen molar-refractivity contribution in [2.45, 2.75) is 44.9 Å². The fraction of sp³-hybridized carbons (Fsp3) is 0.519. The van der Waals surface area contributed by atoms with Gasteiger partial charge in [0, 0.05) is 55.7 Å². The molecule has 5 rings (SSSR count). The number of aromatic nitrogens is 3. The monoisotopic (exact) mass is 493 g/mol. The van der Waals surface area contributed by atoms with Gasteiger partial charge in [-0.2, -0.15) is 0 Å². The summed E-state index contributed by atoms with van der Waals surface area (Å²) in [6.45, 7) is 4.31. The Morgan fingerprint density at radius 1 is 1.19 bits per heavy atom. The van der Waals surface area contributed by atoms with Crippen molar-refractivity contribution in [3.63, 3.8) is 0 Å². The number of anilines is 1. The molecule has 2 N–H and O–H groups in total. The molecule has 4 heterocycles. The zero-order valence-electron chi connectivity index (χ0n) is 20.9. The van der Waals surface area contributed by atoms with Crippen LogP contribution >= 0.6 is 0 Å². The minimum Gasteiger partial charge on any atom is -0.497 e. The molecule has 2 fully saturated rings. The van der Waals surface area contributed by atoms with Gasteiger partial charge < -0.3 is 29.4 Å². The largest absolute Gasteiger partial charge is 0.497 e. The quantitative estimate of drug-likeness (QED) is 0.412. The molecule has 36 heavy (non-hydrogen) atoms. The molecule has 2 saturated heterocycles. The number of piperidine rings is 1. The summed E-state index contributed by atoms with van der Waals surface area (Å²) in [6, 6.07) is 6.11. The SMILES string of the molecule is COc1ccc2[nH]cc(CNCC3CCN(c4ncc(C(=O)COC5CCCCO5)cn4)CC3)c2c1. The summed E-state index contributed by atoms with van der Waals surface area (Å²) in [4.78, 5) is 26.9. The third-order valence-electron chi connectivity index (χ3n) is 7.12. The number of methoxy groups -OCH3 is 1. The van der Waals surface area contributed by atoms with Crippen LogP contribution in [0, 0.1) is 5.92 Å². The lowest BCUT2D eigenvalue weighted by molar-refractivity contribution is -0.155. The Hall–Kier alpha value is -3.01. The van der Waals surface area contributed by atoms with Gasteiger partial charge in [-0.05, 0) is 68.3 Å². The van der Waals surface area contributed by atoms with Crippen molar-refractivity contribution in [2.24, 2.45) is 5.92 Å². The number of nitrogens with one attached hydrogen (secondary N) is 2. The fourth-order valence-electron chi connectivity index (χ4n) is 4.90. The number of aromatic amines is 1. The third kappa shape index (κ3) is 6.03. The lowest BCUT2D eigenvalue weighted by Crippen LogP contribution is -2.38. The van der Waals surface area contributed by atoms with Crippen LogP contribution in [0.4, 0.5) is 5.95 Å². The number of H-pyrrole nitrogens is 1. The molecule has 2 aromatic heterocycles. The van der Waals surface area contributed by atoms with Crippen molar-refractivity contribution >= 4 is 22.6 Å². The van der Waals surface area contributed by atoms with Gasteiger partial charge in [0.15, 0.2) is 12.1 Å². The van der Waals surface area contributed by atoms with Crippen molar-refractivity contribution < 1.29 is 19.0 Å². The molecular formula is C27H35N5O4. The highest BCUT2D eigenvalue weighted by atomic mass is 16.7. The maximum atomic E-state index is 12.4. The van der Waals surface area contributed by atoms with Crippen molar-refractivity contribution in [1.82, 2.24) is 20.3 Å². The maximum absolute atomic E-state index is 12.4. The van der Waals surface area contributed by atoms with E-state index in [4.69, 9.17) is 14.2 Å². The van der Waals surface area contributed by atoms with Crippen molar-refractivity contribution in [1.29, 1.82) is 0 Å². The smallest absolute Gasteiger partial charge is 0.225 e. The second-order valence-electron chi connectivity index (χ2n) is 9.59. The number of Topliss-reactive ketones (excluding diaryl/α,β-unsaturated/α-hetero) is 1. The summed E-state index contributed by atoms with van der Waals surface area (Å²) >= 11 is 0. The first-order valence-corrected chi connectivity index (χ1v) is 12.9. The number of nitrogens with zero attached hydrogens (tertiary/aromatic N) is 3. The third-order valence-corrected chi connectivity index (χ3v) is 7.12. The summed E-state index contributed by atoms with van der Waals surface area (Å²) in [6.07, 6.45) is 10.1. The van der Waals surface area contributed by atoms with Gasteiger partial charge in [0.2, 0.25) is 5.95 Å². The molecular weight excluding hydrogens is 458 g/mol. The lowest BCUT2D eigenvalue weighted by atomic mass is 9.97.